The number of fused-ring (bicyclic) bond motifs is 1. The van der Waals surface area contributed by atoms with Gasteiger partial charge in [0.05, 0.1) is 5.41 Å². The molecule has 0 saturated heterocycles. The van der Waals surface area contributed by atoms with Gasteiger partial charge in [0.1, 0.15) is 23.8 Å². The zero-order valence-corrected chi connectivity index (χ0v) is 15.4. The van der Waals surface area contributed by atoms with Crippen molar-refractivity contribution in [1.29, 1.82) is 0 Å². The number of ether oxygens (including phenoxy) is 2. The van der Waals surface area contributed by atoms with Crippen LogP contribution < -0.4 is 9.47 Å². The Bertz CT molecular complexity index is 957. The third kappa shape index (κ3) is 2.99. The highest BCUT2D eigenvalue weighted by atomic mass is 19.1. The van der Waals surface area contributed by atoms with Gasteiger partial charge in [-0.3, -0.25) is 4.79 Å². The topological polar surface area (TPSA) is 55.8 Å². The molecule has 0 unspecified atom stereocenters. The van der Waals surface area contributed by atoms with Gasteiger partial charge in [-0.1, -0.05) is 0 Å². The van der Waals surface area contributed by atoms with Gasteiger partial charge in [-0.05, 0) is 56.5 Å². The van der Waals surface area contributed by atoms with Crippen LogP contribution in [0.1, 0.15) is 43.4 Å². The zero-order chi connectivity index (χ0) is 20.3. The molecule has 0 bridgehead atoms. The van der Waals surface area contributed by atoms with Gasteiger partial charge in [0.15, 0.2) is 17.4 Å². The van der Waals surface area contributed by atoms with Crippen LogP contribution in [0.2, 0.25) is 0 Å². The number of aliphatic carboxylic acids is 1. The quantitative estimate of drug-likeness (QED) is 0.813. The van der Waals surface area contributed by atoms with Crippen LogP contribution in [0.4, 0.5) is 13.2 Å². The number of carbonyl (C=O) groups is 1. The molecule has 28 heavy (non-hydrogen) atoms. The molecule has 1 saturated carbocycles. The first kappa shape index (κ1) is 18.7. The molecule has 1 aliphatic heterocycles. The van der Waals surface area contributed by atoms with E-state index in [2.05, 4.69) is 0 Å². The van der Waals surface area contributed by atoms with Crippen LogP contribution >= 0.6 is 0 Å². The molecule has 7 heteroatoms. The summed E-state index contributed by atoms with van der Waals surface area (Å²) >= 11 is 0. The largest absolute Gasteiger partial charge is 0.487 e. The molecule has 4 rings (SSSR count). The summed E-state index contributed by atoms with van der Waals surface area (Å²) in [6.07, 6.45) is 1.07. The Balaban J connectivity index is 1.59. The molecule has 2 aliphatic rings. The predicted molar refractivity (Wildman–Crippen MR) is 94.0 cm³/mol. The van der Waals surface area contributed by atoms with E-state index in [1.54, 1.807) is 0 Å². The van der Waals surface area contributed by atoms with Gasteiger partial charge < -0.3 is 14.6 Å². The summed E-state index contributed by atoms with van der Waals surface area (Å²) in [5, 5.41) is 9.29. The minimum Gasteiger partial charge on any atom is -0.487 e. The Morgan fingerprint density at radius 3 is 2.36 bits per heavy atom. The van der Waals surface area contributed by atoms with Crippen LogP contribution in [0.25, 0.3) is 0 Å². The molecule has 1 heterocycles. The van der Waals surface area contributed by atoms with Crippen LogP contribution in [-0.2, 0) is 23.2 Å². The molecule has 148 valence electrons. The molecule has 0 amide bonds. The van der Waals surface area contributed by atoms with Gasteiger partial charge in [-0.15, -0.1) is 0 Å². The molecule has 1 N–H and O–H groups in total. The molecule has 2 aromatic rings. The van der Waals surface area contributed by atoms with Gasteiger partial charge in [0.2, 0.25) is 0 Å². The highest BCUT2D eigenvalue weighted by molar-refractivity contribution is 5.85. The second-order valence-electron chi connectivity index (χ2n) is 8.00. The first-order valence-electron chi connectivity index (χ1n) is 8.98. The third-order valence-corrected chi connectivity index (χ3v) is 5.35. The lowest BCUT2D eigenvalue weighted by Crippen LogP contribution is -2.25. The van der Waals surface area contributed by atoms with E-state index in [0.29, 0.717) is 36.1 Å². The Kier molecular flexibility index (Phi) is 4.10. The van der Waals surface area contributed by atoms with Crippen molar-refractivity contribution in [3.05, 3.63) is 58.4 Å². The van der Waals surface area contributed by atoms with E-state index in [1.165, 1.54) is 12.1 Å². The van der Waals surface area contributed by atoms with E-state index in [-0.39, 0.29) is 12.2 Å². The maximum absolute atomic E-state index is 14.4. The monoisotopic (exact) mass is 392 g/mol. The standard InChI is InChI=1S/C21H19F3O4/c1-20(2)9-13-14(22)4-3-11(17(13)28-20)10-27-18-15(23)7-12(8-16(18)24)21(5-6-21)19(25)26/h3-4,7-8H,5-6,9-10H2,1-2H3,(H,25,26). The smallest absolute Gasteiger partial charge is 0.314 e. The molecular weight excluding hydrogens is 373 g/mol. The van der Waals surface area contributed by atoms with Crippen LogP contribution in [0, 0.1) is 17.5 Å². The normalized spacial score (nSPS) is 18.3. The van der Waals surface area contributed by atoms with Crippen molar-refractivity contribution in [1.82, 2.24) is 0 Å². The van der Waals surface area contributed by atoms with E-state index in [9.17, 15) is 23.1 Å². The molecule has 0 atom stereocenters. The third-order valence-electron chi connectivity index (χ3n) is 5.35. The fourth-order valence-electron chi connectivity index (χ4n) is 3.67. The number of carboxylic acids is 1. The van der Waals surface area contributed by atoms with Crippen molar-refractivity contribution in [2.45, 2.75) is 50.7 Å². The molecular formula is C21H19F3O4. The van der Waals surface area contributed by atoms with E-state index in [4.69, 9.17) is 9.47 Å². The molecule has 1 fully saturated rings. The van der Waals surface area contributed by atoms with Crippen molar-refractivity contribution >= 4 is 5.97 Å². The van der Waals surface area contributed by atoms with Crippen molar-refractivity contribution in [2.24, 2.45) is 0 Å². The van der Waals surface area contributed by atoms with Gasteiger partial charge in [-0.2, -0.15) is 0 Å². The molecule has 4 nitrogen and oxygen atoms in total. The van der Waals surface area contributed by atoms with Gasteiger partial charge >= 0.3 is 5.97 Å². The second kappa shape index (κ2) is 6.15. The summed E-state index contributed by atoms with van der Waals surface area (Å²) in [7, 11) is 0. The number of benzene rings is 2. The summed E-state index contributed by atoms with van der Waals surface area (Å²) in [6.45, 7) is 3.44. The molecule has 1 aliphatic carbocycles. The molecule has 0 radical (unpaired) electrons. The fraction of sp³-hybridized carbons (Fsp3) is 0.381. The van der Waals surface area contributed by atoms with Crippen LogP contribution in [0.5, 0.6) is 11.5 Å². The Hall–Kier alpha value is -2.70. The van der Waals surface area contributed by atoms with E-state index in [0.717, 1.165) is 12.1 Å². The lowest BCUT2D eigenvalue weighted by atomic mass is 9.96. The number of hydrogen-bond donors (Lipinski definition) is 1. The molecule has 0 spiro atoms. The summed E-state index contributed by atoms with van der Waals surface area (Å²) in [4.78, 5) is 11.4. The number of hydrogen-bond acceptors (Lipinski definition) is 3. The van der Waals surface area contributed by atoms with E-state index >= 15 is 0 Å². The predicted octanol–water partition coefficient (Wildman–Crippen LogP) is 4.51. The summed E-state index contributed by atoms with van der Waals surface area (Å²) in [5.74, 6) is -3.69. The van der Waals surface area contributed by atoms with Crippen molar-refractivity contribution < 1.29 is 32.5 Å². The summed E-state index contributed by atoms with van der Waals surface area (Å²) < 4.78 is 54.1. The van der Waals surface area contributed by atoms with Crippen molar-refractivity contribution in [3.8, 4) is 11.5 Å². The van der Waals surface area contributed by atoms with Crippen LogP contribution in [-0.4, -0.2) is 16.7 Å². The van der Waals surface area contributed by atoms with E-state index < -0.39 is 40.2 Å². The second-order valence-corrected chi connectivity index (χ2v) is 8.00. The summed E-state index contributed by atoms with van der Waals surface area (Å²) in [6, 6.07) is 4.76. The zero-order valence-electron chi connectivity index (χ0n) is 15.4. The van der Waals surface area contributed by atoms with Crippen LogP contribution in [0.15, 0.2) is 24.3 Å². The molecule has 2 aromatic carbocycles. The Labute approximate surface area is 159 Å². The highest BCUT2D eigenvalue weighted by Crippen LogP contribution is 2.49. The number of halogens is 3. The average Bonchev–Trinajstić information content (AvgIpc) is 3.34. The van der Waals surface area contributed by atoms with Crippen molar-refractivity contribution in [2.75, 3.05) is 0 Å². The lowest BCUT2D eigenvalue weighted by molar-refractivity contribution is -0.140. The minimum absolute atomic E-state index is 0.0927. The average molecular weight is 392 g/mol. The molecule has 0 aromatic heterocycles. The SMILES string of the molecule is CC1(C)Cc2c(F)ccc(COc3c(F)cc(C4(C(=O)O)CC4)cc3F)c2O1. The van der Waals surface area contributed by atoms with E-state index in [1.807, 2.05) is 13.8 Å². The number of carboxylic acid groups (broad SMARTS) is 1. The first-order valence-corrected chi connectivity index (χ1v) is 8.98. The fourth-order valence-corrected chi connectivity index (χ4v) is 3.67. The Morgan fingerprint density at radius 1 is 1.14 bits per heavy atom. The van der Waals surface area contributed by atoms with Crippen molar-refractivity contribution in [3.63, 3.8) is 0 Å². The van der Waals surface area contributed by atoms with Gasteiger partial charge in [0, 0.05) is 17.5 Å². The number of rotatable bonds is 5. The lowest BCUT2D eigenvalue weighted by Gasteiger charge is -2.18. The maximum atomic E-state index is 14.4. The Morgan fingerprint density at radius 2 is 1.79 bits per heavy atom. The van der Waals surface area contributed by atoms with Gasteiger partial charge in [-0.25, -0.2) is 13.2 Å². The minimum atomic E-state index is -1.21. The highest BCUT2D eigenvalue weighted by Gasteiger charge is 2.52. The first-order chi connectivity index (χ1) is 13.1. The van der Waals surface area contributed by atoms with Crippen LogP contribution in [0.3, 0.4) is 0 Å². The maximum Gasteiger partial charge on any atom is 0.314 e. The summed E-state index contributed by atoms with van der Waals surface area (Å²) in [5.41, 5.74) is -0.798. The van der Waals surface area contributed by atoms with Gasteiger partial charge in [0.25, 0.3) is 0 Å².